The standard InChI is InChI=1S/C20H14N2O/c23-20-17-13-7-8-14-18(17)22(16-11-5-2-6-12-16)19(21-20)15-9-3-1-4-10-15/h1-14H. The van der Waals surface area contributed by atoms with Crippen LogP contribution in [0.15, 0.2) is 89.7 Å². The van der Waals surface area contributed by atoms with Gasteiger partial charge in [0.2, 0.25) is 0 Å². The quantitative estimate of drug-likeness (QED) is 0.559. The predicted octanol–water partition coefficient (Wildman–Crippen LogP) is 4.05. The highest BCUT2D eigenvalue weighted by molar-refractivity contribution is 5.82. The normalized spacial score (nSPS) is 10.8. The number of nitrogens with zero attached hydrogens (tertiary/aromatic N) is 2. The van der Waals surface area contributed by atoms with Crippen molar-refractivity contribution < 1.29 is 0 Å². The molecular weight excluding hydrogens is 284 g/mol. The molecule has 0 radical (unpaired) electrons. The van der Waals surface area contributed by atoms with Crippen molar-refractivity contribution in [2.45, 2.75) is 0 Å². The molecule has 0 aliphatic carbocycles. The number of fused-ring (bicyclic) bond motifs is 1. The lowest BCUT2D eigenvalue weighted by Gasteiger charge is -2.16. The van der Waals surface area contributed by atoms with E-state index in [0.717, 1.165) is 16.8 Å². The van der Waals surface area contributed by atoms with Crippen molar-refractivity contribution >= 4 is 10.9 Å². The largest absolute Gasteiger partial charge is 0.294 e. The molecule has 1 heterocycles. The molecule has 3 nitrogen and oxygen atoms in total. The van der Waals surface area contributed by atoms with Crippen LogP contribution >= 0.6 is 0 Å². The molecule has 0 bridgehead atoms. The van der Waals surface area contributed by atoms with Gasteiger partial charge in [0.05, 0.1) is 10.9 Å². The zero-order valence-corrected chi connectivity index (χ0v) is 12.4. The molecule has 23 heavy (non-hydrogen) atoms. The van der Waals surface area contributed by atoms with Gasteiger partial charge in [-0.1, -0.05) is 60.7 Å². The Bertz CT molecular complexity index is 1020. The van der Waals surface area contributed by atoms with E-state index in [9.17, 15) is 4.79 Å². The predicted molar refractivity (Wildman–Crippen MR) is 92.8 cm³/mol. The van der Waals surface area contributed by atoms with Crippen LogP contribution in [-0.4, -0.2) is 9.55 Å². The Labute approximate surface area is 133 Å². The van der Waals surface area contributed by atoms with Crippen molar-refractivity contribution in [2.75, 3.05) is 0 Å². The molecule has 1 aromatic heterocycles. The van der Waals surface area contributed by atoms with Crippen LogP contribution < -0.4 is 5.56 Å². The highest BCUT2D eigenvalue weighted by Gasteiger charge is 2.13. The molecule has 4 rings (SSSR count). The molecule has 110 valence electrons. The van der Waals surface area contributed by atoms with Crippen LogP contribution in [0.2, 0.25) is 0 Å². The van der Waals surface area contributed by atoms with Gasteiger partial charge in [-0.15, -0.1) is 0 Å². The Morgan fingerprint density at radius 3 is 2.04 bits per heavy atom. The number of hydrogen-bond donors (Lipinski definition) is 0. The molecular formula is C20H14N2O. The van der Waals surface area contributed by atoms with Crippen molar-refractivity contribution in [3.63, 3.8) is 0 Å². The molecule has 4 aromatic rings. The summed E-state index contributed by atoms with van der Waals surface area (Å²) >= 11 is 0. The van der Waals surface area contributed by atoms with Crippen molar-refractivity contribution in [1.82, 2.24) is 9.55 Å². The summed E-state index contributed by atoms with van der Waals surface area (Å²) in [6.45, 7) is 0. The fraction of sp³-hybridized carbons (Fsp3) is 0. The second-order valence-electron chi connectivity index (χ2n) is 5.29. The van der Waals surface area contributed by atoms with Crippen molar-refractivity contribution in [2.24, 2.45) is 0 Å². The first kappa shape index (κ1) is 13.5. The van der Waals surface area contributed by atoms with E-state index < -0.39 is 0 Å². The second-order valence-corrected chi connectivity index (χ2v) is 5.29. The first-order valence-corrected chi connectivity index (χ1v) is 7.47. The minimum atomic E-state index is -0.202. The molecule has 0 saturated heterocycles. The lowest BCUT2D eigenvalue weighted by molar-refractivity contribution is 1.03. The van der Waals surface area contributed by atoms with Gasteiger partial charge in [0.15, 0.2) is 0 Å². The highest BCUT2D eigenvalue weighted by atomic mass is 16.1. The summed E-state index contributed by atoms with van der Waals surface area (Å²) in [6, 6.07) is 27.4. The summed E-state index contributed by atoms with van der Waals surface area (Å²) in [6.07, 6.45) is 0. The van der Waals surface area contributed by atoms with E-state index in [-0.39, 0.29) is 5.56 Å². The van der Waals surface area contributed by atoms with E-state index >= 15 is 0 Å². The lowest BCUT2D eigenvalue weighted by atomic mass is 10.1. The molecule has 0 N–H and O–H groups in total. The van der Waals surface area contributed by atoms with E-state index in [4.69, 9.17) is 0 Å². The van der Waals surface area contributed by atoms with Crippen LogP contribution in [0.1, 0.15) is 0 Å². The van der Waals surface area contributed by atoms with Crippen LogP contribution in [0, 0.1) is 0 Å². The third-order valence-corrected chi connectivity index (χ3v) is 3.84. The van der Waals surface area contributed by atoms with Gasteiger partial charge >= 0.3 is 0 Å². The summed E-state index contributed by atoms with van der Waals surface area (Å²) in [4.78, 5) is 16.8. The molecule has 3 aromatic carbocycles. The highest BCUT2D eigenvalue weighted by Crippen LogP contribution is 2.24. The Morgan fingerprint density at radius 2 is 1.30 bits per heavy atom. The van der Waals surface area contributed by atoms with E-state index in [1.807, 2.05) is 89.5 Å². The van der Waals surface area contributed by atoms with Crippen molar-refractivity contribution in [3.05, 3.63) is 95.3 Å². The van der Waals surface area contributed by atoms with Crippen LogP contribution in [0.3, 0.4) is 0 Å². The van der Waals surface area contributed by atoms with E-state index in [2.05, 4.69) is 4.98 Å². The van der Waals surface area contributed by atoms with Gasteiger partial charge in [-0.05, 0) is 24.3 Å². The van der Waals surface area contributed by atoms with Crippen molar-refractivity contribution in [3.8, 4) is 17.1 Å². The number of aromatic nitrogens is 2. The maximum Gasteiger partial charge on any atom is 0.281 e. The number of hydrogen-bond acceptors (Lipinski definition) is 2. The van der Waals surface area contributed by atoms with Gasteiger partial charge in [0.1, 0.15) is 5.82 Å². The second kappa shape index (κ2) is 5.54. The molecule has 3 heteroatoms. The molecule has 0 spiro atoms. The smallest absolute Gasteiger partial charge is 0.281 e. The molecule has 0 atom stereocenters. The molecule has 0 unspecified atom stereocenters. The summed E-state index contributed by atoms with van der Waals surface area (Å²) in [5, 5.41) is 0.621. The zero-order valence-electron chi connectivity index (χ0n) is 12.4. The van der Waals surface area contributed by atoms with Gasteiger partial charge in [-0.25, -0.2) is 0 Å². The average Bonchev–Trinajstić information content (AvgIpc) is 2.63. The van der Waals surface area contributed by atoms with Gasteiger partial charge in [-0.3, -0.25) is 9.36 Å². The summed E-state index contributed by atoms with van der Waals surface area (Å²) in [5.41, 5.74) is 2.55. The Kier molecular flexibility index (Phi) is 3.24. The third kappa shape index (κ3) is 2.32. The molecule has 0 fully saturated rings. The van der Waals surface area contributed by atoms with Gasteiger partial charge < -0.3 is 0 Å². The summed E-state index contributed by atoms with van der Waals surface area (Å²) < 4.78 is 2.03. The third-order valence-electron chi connectivity index (χ3n) is 3.84. The molecule has 0 amide bonds. The van der Waals surface area contributed by atoms with Gasteiger partial charge in [0.25, 0.3) is 5.56 Å². The van der Waals surface area contributed by atoms with E-state index in [0.29, 0.717) is 11.2 Å². The van der Waals surface area contributed by atoms with Crippen LogP contribution in [-0.2, 0) is 0 Å². The fourth-order valence-corrected chi connectivity index (χ4v) is 2.79. The first-order chi connectivity index (χ1) is 11.3. The van der Waals surface area contributed by atoms with Gasteiger partial charge in [0, 0.05) is 11.3 Å². The Balaban J connectivity index is 2.16. The monoisotopic (exact) mass is 298 g/mol. The van der Waals surface area contributed by atoms with E-state index in [1.54, 1.807) is 0 Å². The molecule has 0 aliphatic heterocycles. The number of para-hydroxylation sites is 2. The topological polar surface area (TPSA) is 34.9 Å². The maximum atomic E-state index is 12.4. The van der Waals surface area contributed by atoms with Gasteiger partial charge in [-0.2, -0.15) is 4.98 Å². The summed E-state index contributed by atoms with van der Waals surface area (Å²) in [7, 11) is 0. The SMILES string of the molecule is O=c1nc(-c2ccccc2)n(-c2ccccc2)c2ccccc12. The van der Waals surface area contributed by atoms with E-state index in [1.165, 1.54) is 0 Å². The van der Waals surface area contributed by atoms with Crippen LogP contribution in [0.25, 0.3) is 28.0 Å². The summed E-state index contributed by atoms with van der Waals surface area (Å²) in [5.74, 6) is 0.653. The average molecular weight is 298 g/mol. The lowest BCUT2D eigenvalue weighted by Crippen LogP contribution is -2.15. The van der Waals surface area contributed by atoms with Crippen molar-refractivity contribution in [1.29, 1.82) is 0 Å². The Morgan fingerprint density at radius 1 is 0.696 bits per heavy atom. The molecule has 0 aliphatic rings. The minimum Gasteiger partial charge on any atom is -0.294 e. The van der Waals surface area contributed by atoms with Crippen LogP contribution in [0.4, 0.5) is 0 Å². The van der Waals surface area contributed by atoms with Crippen LogP contribution in [0.5, 0.6) is 0 Å². The first-order valence-electron chi connectivity index (χ1n) is 7.47. The minimum absolute atomic E-state index is 0.202. The molecule has 0 saturated carbocycles. The number of benzene rings is 3. The number of rotatable bonds is 2. The zero-order chi connectivity index (χ0) is 15.6. The Hall–Kier alpha value is -3.20. The fourth-order valence-electron chi connectivity index (χ4n) is 2.79. The maximum absolute atomic E-state index is 12.4.